The van der Waals surface area contributed by atoms with E-state index in [4.69, 9.17) is 0 Å². The van der Waals surface area contributed by atoms with E-state index in [0.29, 0.717) is 0 Å². The van der Waals surface area contributed by atoms with Crippen LogP contribution in [0.1, 0.15) is 74.9 Å². The van der Waals surface area contributed by atoms with E-state index in [-0.39, 0.29) is 16.2 Å². The SMILES string of the molecule is CC1(C)c2ccccc2-c2ccc(N(c3ccc4c(c3)-c3c(-c5ccccc5)cc5ccccc5c3C4(C)C)c3ccc4c(c3)C(C)(C)c3ccccc3-4)cc21. The zero-order valence-electron chi connectivity index (χ0n) is 33.0. The number of benzene rings is 8. The number of nitrogens with zero attached hydrogens (tertiary/aromatic N) is 1. The molecule has 8 aromatic carbocycles. The lowest BCUT2D eigenvalue weighted by Crippen LogP contribution is -2.18. The molecule has 3 aliphatic carbocycles. The average molecular weight is 720 g/mol. The van der Waals surface area contributed by atoms with E-state index in [0.717, 1.165) is 0 Å². The maximum absolute atomic E-state index is 2.52. The summed E-state index contributed by atoms with van der Waals surface area (Å²) in [7, 11) is 0. The van der Waals surface area contributed by atoms with Gasteiger partial charge in [-0.25, -0.2) is 0 Å². The molecule has 0 aromatic heterocycles. The number of hydrogen-bond donors (Lipinski definition) is 0. The zero-order chi connectivity index (χ0) is 38.1. The molecule has 0 bridgehead atoms. The van der Waals surface area contributed by atoms with Crippen molar-refractivity contribution in [3.8, 4) is 44.5 Å². The predicted octanol–water partition coefficient (Wildman–Crippen LogP) is 14.9. The first-order valence-electron chi connectivity index (χ1n) is 20.1. The second-order valence-corrected chi connectivity index (χ2v) is 17.8. The third-order valence-electron chi connectivity index (χ3n) is 13.6. The van der Waals surface area contributed by atoms with Gasteiger partial charge in [0.1, 0.15) is 0 Å². The van der Waals surface area contributed by atoms with Crippen molar-refractivity contribution in [2.45, 2.75) is 57.8 Å². The Bertz CT molecular complexity index is 2830. The van der Waals surface area contributed by atoms with Gasteiger partial charge in [-0.2, -0.15) is 0 Å². The Morgan fingerprint density at radius 1 is 0.339 bits per heavy atom. The second-order valence-electron chi connectivity index (χ2n) is 17.8. The Hall–Kier alpha value is -6.18. The molecule has 0 unspecified atom stereocenters. The Morgan fingerprint density at radius 2 is 0.821 bits per heavy atom. The minimum atomic E-state index is -0.175. The summed E-state index contributed by atoms with van der Waals surface area (Å²) in [6.07, 6.45) is 0. The third-order valence-corrected chi connectivity index (χ3v) is 13.6. The van der Waals surface area contributed by atoms with Crippen LogP contribution in [0.4, 0.5) is 17.1 Å². The predicted molar refractivity (Wildman–Crippen MR) is 237 cm³/mol. The van der Waals surface area contributed by atoms with Crippen molar-refractivity contribution in [1.29, 1.82) is 0 Å². The van der Waals surface area contributed by atoms with E-state index in [2.05, 4.69) is 210 Å². The highest BCUT2D eigenvalue weighted by Crippen LogP contribution is 2.57. The first-order chi connectivity index (χ1) is 27.0. The van der Waals surface area contributed by atoms with Gasteiger partial charge in [-0.3, -0.25) is 0 Å². The monoisotopic (exact) mass is 719 g/mol. The normalized spacial score (nSPS) is 15.8. The van der Waals surface area contributed by atoms with Crippen molar-refractivity contribution in [3.05, 3.63) is 197 Å². The van der Waals surface area contributed by atoms with Crippen molar-refractivity contribution in [1.82, 2.24) is 0 Å². The summed E-state index contributed by atoms with van der Waals surface area (Å²) >= 11 is 0. The quantitative estimate of drug-likeness (QED) is 0.175. The molecule has 11 rings (SSSR count). The highest BCUT2D eigenvalue weighted by Gasteiger charge is 2.41. The van der Waals surface area contributed by atoms with Crippen molar-refractivity contribution >= 4 is 27.8 Å². The van der Waals surface area contributed by atoms with Crippen LogP contribution in [0, 0.1) is 0 Å². The van der Waals surface area contributed by atoms with Gasteiger partial charge in [-0.15, -0.1) is 0 Å². The molecule has 1 heteroatoms. The van der Waals surface area contributed by atoms with Crippen LogP contribution < -0.4 is 4.90 Å². The number of fused-ring (bicyclic) bond motifs is 11. The maximum atomic E-state index is 2.52. The molecule has 0 saturated carbocycles. The smallest absolute Gasteiger partial charge is 0.0468 e. The maximum Gasteiger partial charge on any atom is 0.0468 e. The first-order valence-corrected chi connectivity index (χ1v) is 20.1. The van der Waals surface area contributed by atoms with Crippen molar-refractivity contribution in [2.75, 3.05) is 4.90 Å². The van der Waals surface area contributed by atoms with Gasteiger partial charge < -0.3 is 4.90 Å². The zero-order valence-corrected chi connectivity index (χ0v) is 33.0. The lowest BCUT2D eigenvalue weighted by atomic mass is 9.79. The fourth-order valence-electron chi connectivity index (χ4n) is 10.8. The second kappa shape index (κ2) is 11.4. The molecule has 0 N–H and O–H groups in total. The Morgan fingerprint density at radius 3 is 1.45 bits per heavy atom. The summed E-state index contributed by atoms with van der Waals surface area (Å²) in [5.41, 5.74) is 22.1. The van der Waals surface area contributed by atoms with E-state index in [1.165, 1.54) is 106 Å². The molecular weight excluding hydrogens is 675 g/mol. The first kappa shape index (κ1) is 33.2. The molecule has 0 atom stereocenters. The molecule has 0 fully saturated rings. The fraction of sp³-hybridized carbons (Fsp3) is 0.164. The van der Waals surface area contributed by atoms with Gasteiger partial charge >= 0.3 is 0 Å². The van der Waals surface area contributed by atoms with E-state index in [1.54, 1.807) is 0 Å². The highest BCUT2D eigenvalue weighted by atomic mass is 15.1. The van der Waals surface area contributed by atoms with Crippen molar-refractivity contribution in [2.24, 2.45) is 0 Å². The van der Waals surface area contributed by atoms with E-state index >= 15 is 0 Å². The van der Waals surface area contributed by atoms with E-state index in [9.17, 15) is 0 Å². The molecular formula is C55H45N. The van der Waals surface area contributed by atoms with Crippen LogP contribution in [0.3, 0.4) is 0 Å². The summed E-state index contributed by atoms with van der Waals surface area (Å²) in [6, 6.07) is 61.9. The molecule has 0 radical (unpaired) electrons. The van der Waals surface area contributed by atoms with Gasteiger partial charge in [0.2, 0.25) is 0 Å². The lowest BCUT2D eigenvalue weighted by molar-refractivity contribution is 0.660. The van der Waals surface area contributed by atoms with Crippen LogP contribution in [0.2, 0.25) is 0 Å². The minimum Gasteiger partial charge on any atom is -0.310 e. The Labute approximate surface area is 330 Å². The lowest BCUT2D eigenvalue weighted by Gasteiger charge is -2.30. The van der Waals surface area contributed by atoms with E-state index in [1.807, 2.05) is 0 Å². The van der Waals surface area contributed by atoms with Crippen LogP contribution in [0.5, 0.6) is 0 Å². The van der Waals surface area contributed by atoms with Gasteiger partial charge in [0, 0.05) is 33.3 Å². The van der Waals surface area contributed by atoms with Crippen molar-refractivity contribution < 1.29 is 0 Å². The third kappa shape index (κ3) is 4.43. The summed E-state index contributed by atoms with van der Waals surface area (Å²) in [6.45, 7) is 14.3. The number of rotatable bonds is 4. The number of anilines is 3. The van der Waals surface area contributed by atoms with Crippen LogP contribution in [0.15, 0.2) is 164 Å². The van der Waals surface area contributed by atoms with Crippen LogP contribution in [0.25, 0.3) is 55.3 Å². The largest absolute Gasteiger partial charge is 0.310 e. The molecule has 3 aliphatic rings. The van der Waals surface area contributed by atoms with Gasteiger partial charge in [-0.1, -0.05) is 163 Å². The van der Waals surface area contributed by atoms with Gasteiger partial charge in [0.15, 0.2) is 0 Å². The molecule has 270 valence electrons. The standard InChI is InChI=1S/C55H45N/c1-53(2)46-22-14-12-20-40(46)42-27-24-37(32-49(42)53)56(38-25-28-43-41-21-13-15-23-47(41)54(3,4)50(43)33-38)36-26-29-48-45(31-36)51-44(34-16-8-7-9-17-34)30-35-18-10-11-19-39(35)52(51)55(48,5)6/h7-33H,1-6H3. The van der Waals surface area contributed by atoms with Crippen LogP contribution >= 0.6 is 0 Å². The molecule has 0 spiro atoms. The molecule has 56 heavy (non-hydrogen) atoms. The fourth-order valence-corrected chi connectivity index (χ4v) is 10.8. The van der Waals surface area contributed by atoms with Crippen LogP contribution in [-0.2, 0) is 16.2 Å². The summed E-state index contributed by atoms with van der Waals surface area (Å²) in [5.74, 6) is 0. The summed E-state index contributed by atoms with van der Waals surface area (Å²) < 4.78 is 0. The Balaban J connectivity index is 1.16. The van der Waals surface area contributed by atoms with Crippen LogP contribution in [-0.4, -0.2) is 0 Å². The molecule has 0 saturated heterocycles. The van der Waals surface area contributed by atoms with Gasteiger partial charge in [-0.05, 0) is 131 Å². The number of hydrogen-bond acceptors (Lipinski definition) is 1. The molecule has 0 heterocycles. The van der Waals surface area contributed by atoms with Gasteiger partial charge in [0.25, 0.3) is 0 Å². The molecule has 8 aromatic rings. The molecule has 0 aliphatic heterocycles. The average Bonchev–Trinajstić information content (AvgIpc) is 3.70. The minimum absolute atomic E-state index is 0.109. The topological polar surface area (TPSA) is 3.24 Å². The molecule has 0 amide bonds. The van der Waals surface area contributed by atoms with E-state index < -0.39 is 0 Å². The summed E-state index contributed by atoms with van der Waals surface area (Å²) in [5, 5.41) is 2.62. The Kier molecular flexibility index (Phi) is 6.77. The highest BCUT2D eigenvalue weighted by molar-refractivity contribution is 6.05. The van der Waals surface area contributed by atoms with Crippen molar-refractivity contribution in [3.63, 3.8) is 0 Å². The molecule has 1 nitrogen and oxygen atoms in total. The summed E-state index contributed by atoms with van der Waals surface area (Å²) in [4.78, 5) is 2.52. The van der Waals surface area contributed by atoms with Gasteiger partial charge in [0.05, 0.1) is 0 Å².